The highest BCUT2D eigenvalue weighted by Crippen LogP contribution is 2.10. The quantitative estimate of drug-likeness (QED) is 0.0955. The Labute approximate surface area is 322 Å². The van der Waals surface area contributed by atoms with Crippen LogP contribution in [0.5, 0.6) is 0 Å². The van der Waals surface area contributed by atoms with Crippen molar-refractivity contribution in [3.63, 3.8) is 0 Å². The molecule has 0 heterocycles. The zero-order chi connectivity index (χ0) is 37.9. The molecule has 5 rings (SSSR count). The second-order valence-electron chi connectivity index (χ2n) is 14.0. The Bertz CT molecular complexity index is 1410. The molecule has 0 saturated heterocycles. The Hall–Kier alpha value is -3.90. The fraction of sp³-hybridized carbons (Fsp3) is 0.423. The topological polar surface area (TPSA) is 0 Å². The van der Waals surface area contributed by atoms with Crippen LogP contribution in [-0.4, -0.2) is 0 Å². The van der Waals surface area contributed by atoms with Gasteiger partial charge in [0.05, 0.1) is 0 Å². The summed E-state index contributed by atoms with van der Waals surface area (Å²) in [5.41, 5.74) is 9.89. The Morgan fingerprint density at radius 2 is 0.654 bits per heavy atom. The van der Waals surface area contributed by atoms with Crippen LogP contribution in [0, 0.1) is 20.8 Å². The van der Waals surface area contributed by atoms with E-state index in [4.69, 9.17) is 0 Å². The lowest BCUT2D eigenvalue weighted by Gasteiger charge is -2.01. The smallest absolute Gasteiger partial charge is 0.0279 e. The number of aryl methyl sites for hydroxylation is 7. The van der Waals surface area contributed by atoms with E-state index in [9.17, 15) is 0 Å². The molecule has 0 aliphatic carbocycles. The summed E-state index contributed by atoms with van der Waals surface area (Å²) in [5, 5.41) is 0. The number of benzene rings is 5. The Morgan fingerprint density at radius 1 is 0.288 bits per heavy atom. The predicted molar refractivity (Wildman–Crippen MR) is 235 cm³/mol. The molecule has 0 atom stereocenters. The normalized spacial score (nSPS) is 9.83. The summed E-state index contributed by atoms with van der Waals surface area (Å²) in [5.74, 6) is 0. The molecule has 0 radical (unpaired) electrons. The Balaban J connectivity index is 0.000000330. The molecule has 0 heteroatoms. The fourth-order valence-electron chi connectivity index (χ4n) is 5.58. The van der Waals surface area contributed by atoms with Crippen LogP contribution in [0.4, 0.5) is 0 Å². The minimum Gasteiger partial charge on any atom is -0.0654 e. The minimum absolute atomic E-state index is 1.14. The largest absolute Gasteiger partial charge is 0.0654 e. The van der Waals surface area contributed by atoms with Crippen molar-refractivity contribution < 1.29 is 0 Å². The number of rotatable bonds is 15. The average Bonchev–Trinajstić information content (AvgIpc) is 3.19. The second kappa shape index (κ2) is 33.0. The van der Waals surface area contributed by atoms with Gasteiger partial charge in [0.1, 0.15) is 0 Å². The first-order chi connectivity index (χ1) is 25.4. The van der Waals surface area contributed by atoms with E-state index in [1.807, 2.05) is 6.07 Å². The van der Waals surface area contributed by atoms with Gasteiger partial charge < -0.3 is 0 Å². The molecular formula is C52H74. The van der Waals surface area contributed by atoms with Crippen LogP contribution in [0.1, 0.15) is 137 Å². The van der Waals surface area contributed by atoms with Crippen LogP contribution in [0.15, 0.2) is 140 Å². The van der Waals surface area contributed by atoms with Gasteiger partial charge in [0.15, 0.2) is 0 Å². The summed E-state index contributed by atoms with van der Waals surface area (Å²) < 4.78 is 0. The first-order valence-corrected chi connectivity index (χ1v) is 20.6. The molecule has 0 saturated carbocycles. The summed E-state index contributed by atoms with van der Waals surface area (Å²) >= 11 is 0. The van der Waals surface area contributed by atoms with E-state index in [0.29, 0.717) is 0 Å². The standard InChI is InChI=1S/C14H22.C12H18.C10H14.2C8H10/c1-2-3-4-5-6-8-11-14-12-9-7-10-13-14;1-3-4-5-8-12-9-6-7-11(2)10-12;1-2-3-7-10-8-5-4-6-9-10;1-7-3-5-8(2)6-4-7;1-2-8-6-4-3-5-7-8/h7,9-10,12-13H,2-6,8,11H2,1H3;6-7,9-10H,3-5,8H2,1-2H3;4-6,8-9H,2-3,7H2,1H3;3-6H,1-2H3;3-7H,2H2,1H3. The van der Waals surface area contributed by atoms with Crippen molar-refractivity contribution in [3.8, 4) is 0 Å². The summed E-state index contributed by atoms with van der Waals surface area (Å²) in [6, 6.07) is 49.2. The third kappa shape index (κ3) is 26.8. The molecule has 5 aromatic rings. The molecule has 0 aliphatic rings. The van der Waals surface area contributed by atoms with Crippen molar-refractivity contribution in [3.05, 3.63) is 178 Å². The fourth-order valence-corrected chi connectivity index (χ4v) is 5.58. The predicted octanol–water partition coefficient (Wildman–Crippen LogP) is 15.9. The molecule has 0 N–H and O–H groups in total. The first kappa shape index (κ1) is 46.1. The van der Waals surface area contributed by atoms with Crippen molar-refractivity contribution in [1.82, 2.24) is 0 Å². The second-order valence-corrected chi connectivity index (χ2v) is 14.0. The van der Waals surface area contributed by atoms with Crippen LogP contribution in [0.2, 0.25) is 0 Å². The molecule has 0 aromatic heterocycles. The molecule has 0 fully saturated rings. The van der Waals surface area contributed by atoms with E-state index in [1.54, 1.807) is 0 Å². The van der Waals surface area contributed by atoms with E-state index < -0.39 is 0 Å². The molecule has 282 valence electrons. The van der Waals surface area contributed by atoms with Crippen LogP contribution >= 0.6 is 0 Å². The van der Waals surface area contributed by atoms with E-state index >= 15 is 0 Å². The van der Waals surface area contributed by atoms with Gasteiger partial charge in [-0.05, 0) is 88.0 Å². The number of unbranched alkanes of at least 4 members (excludes halogenated alkanes) is 8. The molecule has 52 heavy (non-hydrogen) atoms. The lowest BCUT2D eigenvalue weighted by Crippen LogP contribution is -1.85. The van der Waals surface area contributed by atoms with Crippen LogP contribution in [-0.2, 0) is 25.7 Å². The SMILES string of the molecule is CCCCCCCCc1ccccc1.CCCCCc1cccc(C)c1.CCCCc1ccccc1.CCc1ccccc1.Cc1ccc(C)cc1. The maximum Gasteiger partial charge on any atom is -0.0279 e. The third-order valence-electron chi connectivity index (χ3n) is 8.94. The van der Waals surface area contributed by atoms with Crippen molar-refractivity contribution in [2.24, 2.45) is 0 Å². The highest BCUT2D eigenvalue weighted by Gasteiger charge is 1.93. The molecule has 5 aromatic carbocycles. The lowest BCUT2D eigenvalue weighted by molar-refractivity contribution is 0.607. The molecule has 0 spiro atoms. The third-order valence-corrected chi connectivity index (χ3v) is 8.94. The molecule has 0 unspecified atom stereocenters. The number of hydrogen-bond acceptors (Lipinski definition) is 0. The van der Waals surface area contributed by atoms with Gasteiger partial charge in [0.2, 0.25) is 0 Å². The average molecular weight is 699 g/mol. The summed E-state index contributed by atoms with van der Waals surface area (Å²) in [6.07, 6.45) is 19.8. The Kier molecular flexibility index (Phi) is 29.2. The van der Waals surface area contributed by atoms with Crippen molar-refractivity contribution >= 4 is 0 Å². The lowest BCUT2D eigenvalue weighted by atomic mass is 10.1. The van der Waals surface area contributed by atoms with E-state index in [-0.39, 0.29) is 0 Å². The van der Waals surface area contributed by atoms with Crippen LogP contribution in [0.3, 0.4) is 0 Å². The molecule has 0 amide bonds. The van der Waals surface area contributed by atoms with Gasteiger partial charge in [-0.25, -0.2) is 0 Å². The van der Waals surface area contributed by atoms with Crippen LogP contribution < -0.4 is 0 Å². The summed E-state index contributed by atoms with van der Waals surface area (Å²) in [6.45, 7) is 15.3. The van der Waals surface area contributed by atoms with Crippen molar-refractivity contribution in [1.29, 1.82) is 0 Å². The summed E-state index contributed by atoms with van der Waals surface area (Å²) in [7, 11) is 0. The van der Waals surface area contributed by atoms with Crippen molar-refractivity contribution in [2.75, 3.05) is 0 Å². The van der Waals surface area contributed by atoms with Crippen molar-refractivity contribution in [2.45, 2.75) is 145 Å². The van der Waals surface area contributed by atoms with E-state index in [1.165, 1.54) is 129 Å². The molecule has 0 nitrogen and oxygen atoms in total. The minimum atomic E-state index is 1.14. The van der Waals surface area contributed by atoms with E-state index in [2.05, 4.69) is 182 Å². The van der Waals surface area contributed by atoms with Gasteiger partial charge in [-0.3, -0.25) is 0 Å². The highest BCUT2D eigenvalue weighted by atomic mass is 14.0. The maximum atomic E-state index is 2.29. The number of hydrogen-bond donors (Lipinski definition) is 0. The van der Waals surface area contributed by atoms with Gasteiger partial charge in [-0.2, -0.15) is 0 Å². The summed E-state index contributed by atoms with van der Waals surface area (Å²) in [4.78, 5) is 0. The molecule has 0 aliphatic heterocycles. The van der Waals surface area contributed by atoms with Gasteiger partial charge in [0, 0.05) is 0 Å². The maximum absolute atomic E-state index is 2.29. The molecular weight excluding hydrogens is 625 g/mol. The zero-order valence-corrected chi connectivity index (χ0v) is 34.4. The first-order valence-electron chi connectivity index (χ1n) is 20.6. The zero-order valence-electron chi connectivity index (χ0n) is 34.4. The van der Waals surface area contributed by atoms with E-state index in [0.717, 1.165) is 6.42 Å². The monoisotopic (exact) mass is 699 g/mol. The van der Waals surface area contributed by atoms with Gasteiger partial charge in [0.25, 0.3) is 0 Å². The highest BCUT2D eigenvalue weighted by molar-refractivity contribution is 5.22. The van der Waals surface area contributed by atoms with Gasteiger partial charge >= 0.3 is 0 Å². The van der Waals surface area contributed by atoms with Crippen LogP contribution in [0.25, 0.3) is 0 Å². The van der Waals surface area contributed by atoms with Gasteiger partial charge in [-0.1, -0.05) is 235 Å². The van der Waals surface area contributed by atoms with Gasteiger partial charge in [-0.15, -0.1) is 0 Å². The molecule has 0 bridgehead atoms. The Morgan fingerprint density at radius 3 is 1.10 bits per heavy atom.